The number of hydrogen-bond acceptors (Lipinski definition) is 4. The molecular weight excluding hydrogens is 323 g/mol. The fourth-order valence-corrected chi connectivity index (χ4v) is 2.44. The Hall–Kier alpha value is -1.85. The first-order chi connectivity index (χ1) is 10.5. The van der Waals surface area contributed by atoms with Crippen LogP contribution in [-0.4, -0.2) is 15.9 Å². The van der Waals surface area contributed by atoms with Gasteiger partial charge in [-0.05, 0) is 30.2 Å². The Morgan fingerprint density at radius 2 is 2.14 bits per heavy atom. The topological polar surface area (TPSA) is 80.9 Å². The second-order valence-corrected chi connectivity index (χ2v) is 5.80. The van der Waals surface area contributed by atoms with Crippen molar-refractivity contribution in [3.8, 4) is 0 Å². The summed E-state index contributed by atoms with van der Waals surface area (Å²) < 4.78 is 0. The summed E-state index contributed by atoms with van der Waals surface area (Å²) in [5, 5.41) is 3.92. The molecule has 0 spiro atoms. The van der Waals surface area contributed by atoms with Crippen molar-refractivity contribution in [3.05, 3.63) is 51.9 Å². The number of nitrogen functional groups attached to an aromatic ring is 1. The number of halogens is 2. The van der Waals surface area contributed by atoms with Crippen molar-refractivity contribution in [2.75, 3.05) is 5.73 Å². The summed E-state index contributed by atoms with van der Waals surface area (Å²) in [6, 6.07) is 6.85. The van der Waals surface area contributed by atoms with Crippen LogP contribution < -0.4 is 11.1 Å². The standard InChI is InChI=1S/C15H16Cl2N4O/c1-9(6-10-2-3-11(16)7-12(10)17)15(22)20-8-14-19-5-4-13(18)21-14/h2-5,7,9H,6,8H2,1H3,(H,20,22)(H2,18,19,21). The number of benzene rings is 1. The maximum atomic E-state index is 12.1. The lowest BCUT2D eigenvalue weighted by molar-refractivity contribution is -0.124. The van der Waals surface area contributed by atoms with Crippen molar-refractivity contribution < 1.29 is 4.79 Å². The van der Waals surface area contributed by atoms with Gasteiger partial charge in [-0.25, -0.2) is 9.97 Å². The molecule has 1 amide bonds. The number of anilines is 1. The summed E-state index contributed by atoms with van der Waals surface area (Å²) in [7, 11) is 0. The van der Waals surface area contributed by atoms with Crippen LogP contribution in [0.2, 0.25) is 10.0 Å². The molecule has 0 radical (unpaired) electrons. The van der Waals surface area contributed by atoms with Crippen molar-refractivity contribution in [3.63, 3.8) is 0 Å². The second kappa shape index (κ2) is 7.42. The van der Waals surface area contributed by atoms with Gasteiger partial charge < -0.3 is 11.1 Å². The molecule has 0 aliphatic rings. The van der Waals surface area contributed by atoms with Crippen LogP contribution in [0.15, 0.2) is 30.5 Å². The monoisotopic (exact) mass is 338 g/mol. The van der Waals surface area contributed by atoms with Gasteiger partial charge in [0.1, 0.15) is 11.6 Å². The maximum Gasteiger partial charge on any atom is 0.223 e. The Labute approximate surface area is 138 Å². The molecule has 0 saturated carbocycles. The zero-order valence-corrected chi connectivity index (χ0v) is 13.5. The molecule has 0 aliphatic carbocycles. The molecule has 2 rings (SSSR count). The van der Waals surface area contributed by atoms with Gasteiger partial charge in [-0.1, -0.05) is 36.2 Å². The van der Waals surface area contributed by atoms with Gasteiger partial charge in [-0.2, -0.15) is 0 Å². The maximum absolute atomic E-state index is 12.1. The number of rotatable bonds is 5. The van der Waals surface area contributed by atoms with Gasteiger partial charge in [0.2, 0.25) is 5.91 Å². The SMILES string of the molecule is CC(Cc1ccc(Cl)cc1Cl)C(=O)NCc1nccc(N)n1. The van der Waals surface area contributed by atoms with Gasteiger partial charge in [0, 0.05) is 22.2 Å². The first kappa shape index (κ1) is 16.5. The van der Waals surface area contributed by atoms with E-state index in [1.165, 1.54) is 0 Å². The highest BCUT2D eigenvalue weighted by molar-refractivity contribution is 6.35. The van der Waals surface area contributed by atoms with Gasteiger partial charge in [0.05, 0.1) is 6.54 Å². The highest BCUT2D eigenvalue weighted by Gasteiger charge is 2.15. The largest absolute Gasteiger partial charge is 0.384 e. The Kier molecular flexibility index (Phi) is 5.57. The van der Waals surface area contributed by atoms with Crippen LogP contribution in [0.3, 0.4) is 0 Å². The number of nitrogens with zero attached hydrogens (tertiary/aromatic N) is 2. The molecule has 0 saturated heterocycles. The predicted octanol–water partition coefficient (Wildman–Crippen LogP) is 2.86. The smallest absolute Gasteiger partial charge is 0.223 e. The third-order valence-electron chi connectivity index (χ3n) is 3.14. The highest BCUT2D eigenvalue weighted by Crippen LogP contribution is 2.23. The third-order valence-corrected chi connectivity index (χ3v) is 3.72. The first-order valence-corrected chi connectivity index (χ1v) is 7.50. The average Bonchev–Trinajstić information content (AvgIpc) is 2.47. The quantitative estimate of drug-likeness (QED) is 0.878. The Morgan fingerprint density at radius 1 is 1.36 bits per heavy atom. The van der Waals surface area contributed by atoms with Crippen LogP contribution in [0.1, 0.15) is 18.3 Å². The number of carbonyl (C=O) groups is 1. The zero-order valence-electron chi connectivity index (χ0n) is 12.0. The van der Waals surface area contributed by atoms with Gasteiger partial charge >= 0.3 is 0 Å². The fraction of sp³-hybridized carbons (Fsp3) is 0.267. The Balaban J connectivity index is 1.92. The summed E-state index contributed by atoms with van der Waals surface area (Å²) in [4.78, 5) is 20.2. The number of hydrogen-bond donors (Lipinski definition) is 2. The summed E-state index contributed by atoms with van der Waals surface area (Å²) in [6.45, 7) is 2.07. The number of carbonyl (C=O) groups excluding carboxylic acids is 1. The van der Waals surface area contributed by atoms with Gasteiger partial charge in [0.15, 0.2) is 0 Å². The molecular formula is C15H16Cl2N4O. The number of amides is 1. The molecule has 1 atom stereocenters. The number of nitrogens with one attached hydrogen (secondary N) is 1. The molecule has 5 nitrogen and oxygen atoms in total. The molecule has 7 heteroatoms. The van der Waals surface area contributed by atoms with E-state index in [9.17, 15) is 4.79 Å². The van der Waals surface area contributed by atoms with Gasteiger partial charge in [0.25, 0.3) is 0 Å². The van der Waals surface area contributed by atoms with E-state index >= 15 is 0 Å². The molecule has 0 bridgehead atoms. The molecule has 2 aromatic rings. The van der Waals surface area contributed by atoms with Crippen molar-refractivity contribution in [2.45, 2.75) is 19.9 Å². The Morgan fingerprint density at radius 3 is 2.82 bits per heavy atom. The molecule has 3 N–H and O–H groups in total. The molecule has 1 aromatic heterocycles. The minimum Gasteiger partial charge on any atom is -0.384 e. The molecule has 22 heavy (non-hydrogen) atoms. The van der Waals surface area contributed by atoms with Crippen LogP contribution in [-0.2, 0) is 17.8 Å². The lowest BCUT2D eigenvalue weighted by Gasteiger charge is -2.13. The van der Waals surface area contributed by atoms with E-state index in [4.69, 9.17) is 28.9 Å². The number of nitrogens with two attached hydrogens (primary N) is 1. The third kappa shape index (κ3) is 4.58. The number of aromatic nitrogens is 2. The zero-order chi connectivity index (χ0) is 16.1. The molecule has 1 unspecified atom stereocenters. The van der Waals surface area contributed by atoms with E-state index < -0.39 is 0 Å². The van der Waals surface area contributed by atoms with E-state index in [1.807, 2.05) is 13.0 Å². The van der Waals surface area contributed by atoms with Crippen molar-refractivity contribution in [1.82, 2.24) is 15.3 Å². The molecule has 0 fully saturated rings. The highest BCUT2D eigenvalue weighted by atomic mass is 35.5. The van der Waals surface area contributed by atoms with Gasteiger partial charge in [-0.15, -0.1) is 0 Å². The van der Waals surface area contributed by atoms with Crippen LogP contribution in [0.4, 0.5) is 5.82 Å². The summed E-state index contributed by atoms with van der Waals surface area (Å²) >= 11 is 12.0. The molecule has 1 aromatic carbocycles. The van der Waals surface area contributed by atoms with E-state index in [-0.39, 0.29) is 18.4 Å². The normalized spacial score (nSPS) is 12.0. The predicted molar refractivity (Wildman–Crippen MR) is 87.6 cm³/mol. The van der Waals surface area contributed by atoms with Crippen LogP contribution >= 0.6 is 23.2 Å². The van der Waals surface area contributed by atoms with E-state index in [1.54, 1.807) is 24.4 Å². The molecule has 116 valence electrons. The van der Waals surface area contributed by atoms with E-state index in [0.29, 0.717) is 28.1 Å². The van der Waals surface area contributed by atoms with E-state index in [0.717, 1.165) is 5.56 Å². The van der Waals surface area contributed by atoms with Gasteiger partial charge in [-0.3, -0.25) is 4.79 Å². The lowest BCUT2D eigenvalue weighted by atomic mass is 10.0. The Bertz CT molecular complexity index is 678. The van der Waals surface area contributed by atoms with Crippen molar-refractivity contribution in [1.29, 1.82) is 0 Å². The first-order valence-electron chi connectivity index (χ1n) is 6.74. The molecule has 1 heterocycles. The van der Waals surface area contributed by atoms with Crippen LogP contribution in [0.5, 0.6) is 0 Å². The average molecular weight is 339 g/mol. The van der Waals surface area contributed by atoms with Crippen LogP contribution in [0, 0.1) is 5.92 Å². The van der Waals surface area contributed by atoms with E-state index in [2.05, 4.69) is 15.3 Å². The summed E-state index contributed by atoms with van der Waals surface area (Å²) in [6.07, 6.45) is 2.08. The molecule has 0 aliphatic heterocycles. The summed E-state index contributed by atoms with van der Waals surface area (Å²) in [5.74, 6) is 0.516. The lowest BCUT2D eigenvalue weighted by Crippen LogP contribution is -2.30. The second-order valence-electron chi connectivity index (χ2n) is 4.96. The minimum absolute atomic E-state index is 0.1000. The van der Waals surface area contributed by atoms with Crippen LogP contribution in [0.25, 0.3) is 0 Å². The minimum atomic E-state index is -0.236. The van der Waals surface area contributed by atoms with Crippen molar-refractivity contribution in [2.24, 2.45) is 5.92 Å². The fourth-order valence-electron chi connectivity index (χ4n) is 1.95. The van der Waals surface area contributed by atoms with Crippen molar-refractivity contribution >= 4 is 34.9 Å². The summed E-state index contributed by atoms with van der Waals surface area (Å²) in [5.41, 5.74) is 6.45.